The van der Waals surface area contributed by atoms with Crippen LogP contribution in [0.1, 0.15) is 24.8 Å². The van der Waals surface area contributed by atoms with Crippen molar-refractivity contribution in [1.29, 1.82) is 0 Å². The number of rotatable bonds is 7. The lowest BCUT2D eigenvalue weighted by Crippen LogP contribution is -2.45. The van der Waals surface area contributed by atoms with E-state index < -0.39 is 0 Å². The highest BCUT2D eigenvalue weighted by Gasteiger charge is 2.43. The lowest BCUT2D eigenvalue weighted by Gasteiger charge is -2.47. The van der Waals surface area contributed by atoms with Crippen LogP contribution in [-0.4, -0.2) is 28.2 Å². The number of benzene rings is 1. The first-order valence-electron chi connectivity index (χ1n) is 8.48. The smallest absolute Gasteiger partial charge is 0.223 e. The number of hydrogen-bond donors (Lipinski definition) is 4. The van der Waals surface area contributed by atoms with E-state index in [1.807, 2.05) is 6.07 Å². The zero-order valence-electron chi connectivity index (χ0n) is 14.5. The van der Waals surface area contributed by atoms with Gasteiger partial charge >= 0.3 is 0 Å². The van der Waals surface area contributed by atoms with Crippen LogP contribution in [0.3, 0.4) is 0 Å². The number of aromatic nitrogens is 2. The van der Waals surface area contributed by atoms with Gasteiger partial charge in [-0.2, -0.15) is 9.97 Å². The van der Waals surface area contributed by atoms with E-state index in [0.29, 0.717) is 18.3 Å². The summed E-state index contributed by atoms with van der Waals surface area (Å²) >= 11 is 5.93. The van der Waals surface area contributed by atoms with Gasteiger partial charge in [-0.25, -0.2) is 0 Å². The van der Waals surface area contributed by atoms with Crippen LogP contribution in [0, 0.1) is 11.3 Å². The third-order valence-corrected chi connectivity index (χ3v) is 5.30. The number of nitrogens with zero attached hydrogens (tertiary/aromatic N) is 2. The molecule has 0 unspecified atom stereocenters. The zero-order valence-corrected chi connectivity index (χ0v) is 16.1. The van der Waals surface area contributed by atoms with E-state index >= 15 is 0 Å². The number of anilines is 3. The average Bonchev–Trinajstić information content (AvgIpc) is 2.58. The second kappa shape index (κ2) is 8.75. The molecule has 0 saturated heterocycles. The van der Waals surface area contributed by atoms with Crippen molar-refractivity contribution >= 4 is 41.5 Å². The normalized spacial score (nSPS) is 21.5. The van der Waals surface area contributed by atoms with Gasteiger partial charge in [0.1, 0.15) is 5.69 Å². The van der Waals surface area contributed by atoms with Crippen LogP contribution in [0.15, 0.2) is 30.3 Å². The Balaban J connectivity index is 0.00000243. The second-order valence-corrected chi connectivity index (χ2v) is 7.30. The molecule has 26 heavy (non-hydrogen) atoms. The number of halogens is 2. The maximum Gasteiger partial charge on any atom is 0.223 e. The van der Waals surface area contributed by atoms with E-state index in [1.54, 1.807) is 0 Å². The highest BCUT2D eigenvalue weighted by Crippen LogP contribution is 2.47. The van der Waals surface area contributed by atoms with Crippen molar-refractivity contribution in [3.8, 4) is 0 Å². The molecule has 1 aromatic carbocycles. The summed E-state index contributed by atoms with van der Waals surface area (Å²) in [6.45, 7) is 0.721. The fourth-order valence-corrected chi connectivity index (χ4v) is 3.75. The molecule has 6 nitrogen and oxygen atoms in total. The minimum atomic E-state index is -0.139. The highest BCUT2D eigenvalue weighted by atomic mass is 35.5. The van der Waals surface area contributed by atoms with Crippen molar-refractivity contribution in [3.63, 3.8) is 0 Å². The molecule has 0 radical (unpaired) electrons. The number of nitrogens with one attached hydrogen (secondary N) is 1. The number of aliphatic hydroxyl groups is 1. The van der Waals surface area contributed by atoms with E-state index in [-0.39, 0.29) is 41.2 Å². The molecule has 2 aromatic rings. The van der Waals surface area contributed by atoms with E-state index in [4.69, 9.17) is 23.1 Å². The first kappa shape index (κ1) is 20.6. The quantitative estimate of drug-likeness (QED) is 0.534. The van der Waals surface area contributed by atoms with Gasteiger partial charge in [-0.05, 0) is 37.2 Å². The predicted molar refractivity (Wildman–Crippen MR) is 109 cm³/mol. The molecule has 0 spiro atoms. The fourth-order valence-electron chi connectivity index (χ4n) is 3.58. The number of nitrogens with two attached hydrogens (primary N) is 2. The van der Waals surface area contributed by atoms with Crippen molar-refractivity contribution in [1.82, 2.24) is 9.97 Å². The number of aliphatic hydroxyl groups excluding tert-OH is 1. The maximum absolute atomic E-state index is 9.84. The predicted octanol–water partition coefficient (Wildman–Crippen LogP) is 3.15. The number of aryl methyl sites for hydroxylation is 1. The van der Waals surface area contributed by atoms with Crippen LogP contribution in [-0.2, 0) is 6.42 Å². The van der Waals surface area contributed by atoms with E-state index in [0.717, 1.165) is 25.7 Å². The topological polar surface area (TPSA) is 110 Å². The van der Waals surface area contributed by atoms with Crippen molar-refractivity contribution in [3.05, 3.63) is 41.0 Å². The highest BCUT2D eigenvalue weighted by molar-refractivity contribution is 6.32. The Morgan fingerprint density at radius 2 is 1.88 bits per heavy atom. The summed E-state index contributed by atoms with van der Waals surface area (Å²) in [5.74, 6) is 1.14. The zero-order chi connectivity index (χ0) is 17.9. The molecule has 3 rings (SSSR count). The first-order valence-corrected chi connectivity index (χ1v) is 8.86. The Bertz CT molecular complexity index is 723. The van der Waals surface area contributed by atoms with Gasteiger partial charge in [0.25, 0.3) is 0 Å². The fraction of sp³-hybridized carbons (Fsp3) is 0.444. The third kappa shape index (κ3) is 4.69. The van der Waals surface area contributed by atoms with Crippen molar-refractivity contribution in [2.24, 2.45) is 11.3 Å². The van der Waals surface area contributed by atoms with Gasteiger partial charge in [0.15, 0.2) is 11.0 Å². The molecule has 1 aliphatic rings. The van der Waals surface area contributed by atoms with E-state index in [1.165, 1.54) is 5.56 Å². The van der Waals surface area contributed by atoms with Gasteiger partial charge in [-0.1, -0.05) is 41.9 Å². The first-order chi connectivity index (χ1) is 12.0. The van der Waals surface area contributed by atoms with Gasteiger partial charge in [-0.3, -0.25) is 0 Å². The lowest BCUT2D eigenvalue weighted by atomic mass is 9.61. The molecule has 1 saturated carbocycles. The van der Waals surface area contributed by atoms with Crippen LogP contribution in [0.2, 0.25) is 5.15 Å². The SMILES string of the molecule is Cl.Nc1nc(Cl)c(N)c(NCC2(CO)CC(CCc3ccccc3)C2)n1. The Kier molecular flexibility index (Phi) is 6.92. The molecule has 1 heterocycles. The number of nitrogen functional groups attached to an aromatic ring is 2. The summed E-state index contributed by atoms with van der Waals surface area (Å²) in [5, 5.41) is 13.2. The lowest BCUT2D eigenvalue weighted by molar-refractivity contribution is 0.00303. The summed E-state index contributed by atoms with van der Waals surface area (Å²) in [4.78, 5) is 7.90. The Morgan fingerprint density at radius 3 is 2.54 bits per heavy atom. The summed E-state index contributed by atoms with van der Waals surface area (Å²) in [6.07, 6.45) is 4.18. The summed E-state index contributed by atoms with van der Waals surface area (Å²) < 4.78 is 0. The molecule has 0 bridgehead atoms. The van der Waals surface area contributed by atoms with E-state index in [2.05, 4.69) is 39.6 Å². The van der Waals surface area contributed by atoms with Crippen molar-refractivity contribution < 1.29 is 5.11 Å². The standard InChI is InChI=1S/C18H24ClN5O.ClH/c19-15-14(20)16(24-17(21)23-15)22-10-18(11-25)8-13(9-18)7-6-12-4-2-1-3-5-12;/h1-5,13,25H,6-11,20H2,(H3,21,22,23,24);1H. The Labute approximate surface area is 164 Å². The molecule has 0 aliphatic heterocycles. The molecule has 1 aromatic heterocycles. The van der Waals surface area contributed by atoms with Gasteiger partial charge in [0.05, 0.1) is 6.61 Å². The van der Waals surface area contributed by atoms with Gasteiger partial charge in [0.2, 0.25) is 5.95 Å². The van der Waals surface area contributed by atoms with Gasteiger partial charge in [0, 0.05) is 12.0 Å². The molecule has 8 heteroatoms. The third-order valence-electron chi connectivity index (χ3n) is 5.01. The van der Waals surface area contributed by atoms with Gasteiger partial charge < -0.3 is 21.9 Å². The molecule has 1 aliphatic carbocycles. The molecule has 6 N–H and O–H groups in total. The van der Waals surface area contributed by atoms with Crippen molar-refractivity contribution in [2.75, 3.05) is 29.9 Å². The molecule has 142 valence electrons. The van der Waals surface area contributed by atoms with Gasteiger partial charge in [-0.15, -0.1) is 12.4 Å². The molecule has 0 atom stereocenters. The van der Waals surface area contributed by atoms with Crippen LogP contribution in [0.4, 0.5) is 17.5 Å². The van der Waals surface area contributed by atoms with Crippen molar-refractivity contribution in [2.45, 2.75) is 25.7 Å². The number of hydrogen-bond acceptors (Lipinski definition) is 6. The summed E-state index contributed by atoms with van der Waals surface area (Å²) in [6, 6.07) is 10.5. The average molecular weight is 398 g/mol. The second-order valence-electron chi connectivity index (χ2n) is 6.95. The Morgan fingerprint density at radius 1 is 1.19 bits per heavy atom. The molecule has 1 fully saturated rings. The minimum absolute atomic E-state index is 0. The van der Waals surface area contributed by atoms with Crippen LogP contribution in [0.5, 0.6) is 0 Å². The monoisotopic (exact) mass is 397 g/mol. The maximum atomic E-state index is 9.84. The summed E-state index contributed by atoms with van der Waals surface area (Å²) in [7, 11) is 0. The van der Waals surface area contributed by atoms with Crippen LogP contribution < -0.4 is 16.8 Å². The summed E-state index contributed by atoms with van der Waals surface area (Å²) in [5.41, 5.74) is 13.0. The molecular weight excluding hydrogens is 373 g/mol. The molecular formula is C18H25Cl2N5O. The molecule has 0 amide bonds. The largest absolute Gasteiger partial charge is 0.396 e. The Hall–Kier alpha value is -1.76. The van der Waals surface area contributed by atoms with Crippen LogP contribution in [0.25, 0.3) is 0 Å². The van der Waals surface area contributed by atoms with Crippen LogP contribution >= 0.6 is 24.0 Å². The minimum Gasteiger partial charge on any atom is -0.396 e. The van der Waals surface area contributed by atoms with E-state index in [9.17, 15) is 5.11 Å².